The second kappa shape index (κ2) is 4.07. The van der Waals surface area contributed by atoms with Crippen molar-refractivity contribution in [2.75, 3.05) is 6.61 Å². The lowest BCUT2D eigenvalue weighted by Crippen LogP contribution is -2.34. The van der Waals surface area contributed by atoms with Crippen molar-refractivity contribution in [2.24, 2.45) is 17.1 Å². The van der Waals surface area contributed by atoms with Crippen LogP contribution >= 0.6 is 0 Å². The lowest BCUT2D eigenvalue weighted by molar-refractivity contribution is 0.198. The maximum absolute atomic E-state index is 8.78. The third-order valence-corrected chi connectivity index (χ3v) is 1.88. The highest BCUT2D eigenvalue weighted by molar-refractivity contribution is 4.73. The van der Waals surface area contributed by atoms with Crippen molar-refractivity contribution in [3.05, 3.63) is 0 Å². The Labute approximate surface area is 69.8 Å². The van der Waals surface area contributed by atoms with E-state index in [0.29, 0.717) is 11.3 Å². The van der Waals surface area contributed by atoms with E-state index in [9.17, 15) is 0 Å². The SMILES string of the molecule is CC(CC(C)(C)C)C(N)CO. The molecule has 0 aromatic carbocycles. The number of nitrogens with two attached hydrogens (primary N) is 1. The van der Waals surface area contributed by atoms with Crippen molar-refractivity contribution >= 4 is 0 Å². The molecule has 0 aliphatic heterocycles. The molecule has 2 nitrogen and oxygen atoms in total. The van der Waals surface area contributed by atoms with Gasteiger partial charge in [0.25, 0.3) is 0 Å². The molecule has 2 unspecified atom stereocenters. The van der Waals surface area contributed by atoms with Gasteiger partial charge >= 0.3 is 0 Å². The minimum atomic E-state index is -0.0609. The molecule has 3 N–H and O–H groups in total. The Morgan fingerprint density at radius 3 is 2.09 bits per heavy atom. The zero-order valence-electron chi connectivity index (χ0n) is 8.09. The number of hydrogen-bond acceptors (Lipinski definition) is 2. The molecule has 0 aliphatic rings. The van der Waals surface area contributed by atoms with Crippen molar-refractivity contribution in [1.29, 1.82) is 0 Å². The summed E-state index contributed by atoms with van der Waals surface area (Å²) in [6, 6.07) is -0.0609. The first kappa shape index (κ1) is 10.9. The largest absolute Gasteiger partial charge is 0.395 e. The summed E-state index contributed by atoms with van der Waals surface area (Å²) in [7, 11) is 0. The van der Waals surface area contributed by atoms with Gasteiger partial charge in [-0.2, -0.15) is 0 Å². The van der Waals surface area contributed by atoms with Crippen molar-refractivity contribution < 1.29 is 5.11 Å². The van der Waals surface area contributed by atoms with Gasteiger partial charge in [0.15, 0.2) is 0 Å². The smallest absolute Gasteiger partial charge is 0.0585 e. The van der Waals surface area contributed by atoms with Gasteiger partial charge in [0.1, 0.15) is 0 Å². The van der Waals surface area contributed by atoms with Gasteiger partial charge in [-0.25, -0.2) is 0 Å². The maximum Gasteiger partial charge on any atom is 0.0585 e. The molecule has 0 saturated carbocycles. The first-order valence-corrected chi connectivity index (χ1v) is 4.23. The third kappa shape index (κ3) is 5.22. The third-order valence-electron chi connectivity index (χ3n) is 1.88. The molecule has 2 atom stereocenters. The maximum atomic E-state index is 8.78. The average molecular weight is 159 g/mol. The minimum absolute atomic E-state index is 0.0609. The van der Waals surface area contributed by atoms with E-state index >= 15 is 0 Å². The molecule has 0 bridgehead atoms. The molecule has 0 aliphatic carbocycles. The van der Waals surface area contributed by atoms with E-state index in [0.717, 1.165) is 6.42 Å². The Bertz CT molecular complexity index is 107. The van der Waals surface area contributed by atoms with E-state index in [4.69, 9.17) is 10.8 Å². The number of rotatable bonds is 3. The Balaban J connectivity index is 3.77. The van der Waals surface area contributed by atoms with E-state index in [1.54, 1.807) is 0 Å². The summed E-state index contributed by atoms with van der Waals surface area (Å²) in [5, 5.41) is 8.78. The van der Waals surface area contributed by atoms with Gasteiger partial charge in [0.05, 0.1) is 6.61 Å². The van der Waals surface area contributed by atoms with Crippen LogP contribution in [0.1, 0.15) is 34.1 Å². The van der Waals surface area contributed by atoms with Gasteiger partial charge in [0, 0.05) is 6.04 Å². The van der Waals surface area contributed by atoms with Crippen LogP contribution in [-0.4, -0.2) is 17.8 Å². The monoisotopic (exact) mass is 159 g/mol. The molecule has 0 spiro atoms. The molecule has 0 aromatic rings. The predicted molar refractivity (Wildman–Crippen MR) is 48.3 cm³/mol. The summed E-state index contributed by atoms with van der Waals surface area (Å²) >= 11 is 0. The summed E-state index contributed by atoms with van der Waals surface area (Å²) in [6.45, 7) is 8.75. The highest BCUT2D eigenvalue weighted by atomic mass is 16.3. The van der Waals surface area contributed by atoms with Crippen LogP contribution < -0.4 is 5.73 Å². The quantitative estimate of drug-likeness (QED) is 0.653. The van der Waals surface area contributed by atoms with Crippen LogP contribution in [0.4, 0.5) is 0 Å². The van der Waals surface area contributed by atoms with Crippen LogP contribution in [0.15, 0.2) is 0 Å². The summed E-state index contributed by atoms with van der Waals surface area (Å²) in [5.74, 6) is 0.403. The molecule has 0 rings (SSSR count). The normalized spacial score (nSPS) is 18.0. The van der Waals surface area contributed by atoms with Crippen molar-refractivity contribution in [2.45, 2.75) is 40.2 Å². The first-order valence-electron chi connectivity index (χ1n) is 4.23. The zero-order chi connectivity index (χ0) is 9.07. The van der Waals surface area contributed by atoms with Crippen LogP contribution in [0.3, 0.4) is 0 Å². The lowest BCUT2D eigenvalue weighted by Gasteiger charge is -2.26. The molecule has 0 amide bonds. The topological polar surface area (TPSA) is 46.2 Å². The van der Waals surface area contributed by atoms with Gasteiger partial charge in [-0.1, -0.05) is 27.7 Å². The number of hydrogen-bond donors (Lipinski definition) is 2. The van der Waals surface area contributed by atoms with Crippen LogP contribution in [0.25, 0.3) is 0 Å². The summed E-state index contributed by atoms with van der Waals surface area (Å²) < 4.78 is 0. The lowest BCUT2D eigenvalue weighted by atomic mass is 9.83. The molecule has 11 heavy (non-hydrogen) atoms. The van der Waals surface area contributed by atoms with Crippen LogP contribution in [0, 0.1) is 11.3 Å². The average Bonchev–Trinajstić information content (AvgIpc) is 1.82. The Kier molecular flexibility index (Phi) is 4.04. The number of aliphatic hydroxyl groups is 1. The molecule has 0 heterocycles. The summed E-state index contributed by atoms with van der Waals surface area (Å²) in [6.07, 6.45) is 1.06. The zero-order valence-corrected chi connectivity index (χ0v) is 8.09. The van der Waals surface area contributed by atoms with Crippen molar-refractivity contribution in [3.8, 4) is 0 Å². The van der Waals surface area contributed by atoms with Gasteiger partial charge < -0.3 is 10.8 Å². The molecule has 0 aromatic heterocycles. The van der Waals surface area contributed by atoms with Crippen molar-refractivity contribution in [1.82, 2.24) is 0 Å². The van der Waals surface area contributed by atoms with Crippen LogP contribution in [0.2, 0.25) is 0 Å². The van der Waals surface area contributed by atoms with E-state index in [2.05, 4.69) is 27.7 Å². The molecule has 2 heteroatoms. The van der Waals surface area contributed by atoms with E-state index in [-0.39, 0.29) is 12.6 Å². The first-order chi connectivity index (χ1) is 4.87. The van der Waals surface area contributed by atoms with Gasteiger partial charge in [0.2, 0.25) is 0 Å². The van der Waals surface area contributed by atoms with Gasteiger partial charge in [-0.15, -0.1) is 0 Å². The minimum Gasteiger partial charge on any atom is -0.395 e. The van der Waals surface area contributed by atoms with E-state index in [1.807, 2.05) is 0 Å². The fraction of sp³-hybridized carbons (Fsp3) is 1.00. The van der Waals surface area contributed by atoms with Gasteiger partial charge in [-0.05, 0) is 17.8 Å². The second-order valence-electron chi connectivity index (χ2n) is 4.59. The Morgan fingerprint density at radius 1 is 1.36 bits per heavy atom. The van der Waals surface area contributed by atoms with Crippen LogP contribution in [-0.2, 0) is 0 Å². The molecule has 0 saturated heterocycles. The predicted octanol–water partition coefficient (Wildman–Crippen LogP) is 1.38. The Hall–Kier alpha value is -0.0800. The summed E-state index contributed by atoms with van der Waals surface area (Å²) in [5.41, 5.74) is 5.99. The molecule has 68 valence electrons. The molecule has 0 fully saturated rings. The number of aliphatic hydroxyl groups excluding tert-OH is 1. The standard InChI is InChI=1S/C9H21NO/c1-7(8(10)6-11)5-9(2,3)4/h7-8,11H,5-6,10H2,1-4H3. The molecular formula is C9H21NO. The molecule has 0 radical (unpaired) electrons. The van der Waals surface area contributed by atoms with E-state index < -0.39 is 0 Å². The highest BCUT2D eigenvalue weighted by Crippen LogP contribution is 2.25. The summed E-state index contributed by atoms with van der Waals surface area (Å²) in [4.78, 5) is 0. The Morgan fingerprint density at radius 2 is 1.82 bits per heavy atom. The molecular weight excluding hydrogens is 138 g/mol. The van der Waals surface area contributed by atoms with E-state index in [1.165, 1.54) is 0 Å². The van der Waals surface area contributed by atoms with Crippen LogP contribution in [0.5, 0.6) is 0 Å². The fourth-order valence-electron chi connectivity index (χ4n) is 1.30. The van der Waals surface area contributed by atoms with Crippen molar-refractivity contribution in [3.63, 3.8) is 0 Å². The fourth-order valence-corrected chi connectivity index (χ4v) is 1.30. The van der Waals surface area contributed by atoms with Gasteiger partial charge in [-0.3, -0.25) is 0 Å². The highest BCUT2D eigenvalue weighted by Gasteiger charge is 2.19. The second-order valence-corrected chi connectivity index (χ2v) is 4.59.